The quantitative estimate of drug-likeness (QED) is 0.813. The minimum Gasteiger partial charge on any atom is -0.335 e. The molecular weight excluding hydrogens is 233 g/mol. The predicted octanol–water partition coefficient (Wildman–Crippen LogP) is 1.49. The van der Waals surface area contributed by atoms with E-state index in [0.717, 1.165) is 12.1 Å². The highest BCUT2D eigenvalue weighted by atomic mass is 19.4. The number of halogens is 3. The highest BCUT2D eigenvalue weighted by molar-refractivity contribution is 5.94. The summed E-state index contributed by atoms with van der Waals surface area (Å²) in [5, 5.41) is 0. The Bertz CT molecular complexity index is 421. The second-order valence-electron chi connectivity index (χ2n) is 4.05. The molecule has 0 saturated carbocycles. The summed E-state index contributed by atoms with van der Waals surface area (Å²) < 4.78 is 36.9. The molecule has 1 saturated heterocycles. The Morgan fingerprint density at radius 1 is 1.24 bits per heavy atom. The first-order valence-electron chi connectivity index (χ1n) is 5.10. The van der Waals surface area contributed by atoms with Crippen molar-refractivity contribution in [3.8, 4) is 0 Å². The third-order valence-corrected chi connectivity index (χ3v) is 2.66. The van der Waals surface area contributed by atoms with Crippen LogP contribution < -0.4 is 5.73 Å². The second kappa shape index (κ2) is 4.03. The number of likely N-dealkylation sites (tertiary alicyclic amines) is 1. The van der Waals surface area contributed by atoms with E-state index in [2.05, 4.69) is 0 Å². The molecule has 0 bridgehead atoms. The highest BCUT2D eigenvalue weighted by Crippen LogP contribution is 2.29. The lowest BCUT2D eigenvalue weighted by atomic mass is 10.1. The molecule has 2 N–H and O–H groups in total. The van der Waals surface area contributed by atoms with E-state index < -0.39 is 11.7 Å². The average molecular weight is 244 g/mol. The van der Waals surface area contributed by atoms with Crippen LogP contribution in [0.4, 0.5) is 13.2 Å². The minimum absolute atomic E-state index is 0.0200. The predicted molar refractivity (Wildman–Crippen MR) is 55.3 cm³/mol. The van der Waals surface area contributed by atoms with Gasteiger partial charge in [0.2, 0.25) is 0 Å². The first-order chi connectivity index (χ1) is 7.88. The number of carbonyl (C=O) groups is 1. The van der Waals surface area contributed by atoms with Crippen LogP contribution in [0, 0.1) is 0 Å². The van der Waals surface area contributed by atoms with Crippen molar-refractivity contribution < 1.29 is 18.0 Å². The van der Waals surface area contributed by atoms with Crippen molar-refractivity contribution in [2.24, 2.45) is 5.73 Å². The summed E-state index contributed by atoms with van der Waals surface area (Å²) in [7, 11) is 0. The molecule has 0 unspecified atom stereocenters. The fourth-order valence-corrected chi connectivity index (χ4v) is 1.66. The molecule has 1 aromatic rings. The molecule has 0 atom stereocenters. The zero-order chi connectivity index (χ0) is 12.6. The molecule has 0 aliphatic carbocycles. The molecule has 17 heavy (non-hydrogen) atoms. The first-order valence-corrected chi connectivity index (χ1v) is 5.10. The molecular formula is C11H11F3N2O. The minimum atomic E-state index is -4.37. The molecule has 0 aromatic heterocycles. The Morgan fingerprint density at radius 2 is 1.76 bits per heavy atom. The van der Waals surface area contributed by atoms with Crippen LogP contribution in [0.15, 0.2) is 24.3 Å². The number of carbonyl (C=O) groups excluding carboxylic acids is 1. The Hall–Kier alpha value is -1.56. The van der Waals surface area contributed by atoms with Gasteiger partial charge in [-0.25, -0.2) is 0 Å². The monoisotopic (exact) mass is 244 g/mol. The van der Waals surface area contributed by atoms with Crippen molar-refractivity contribution in [1.29, 1.82) is 0 Å². The first kappa shape index (κ1) is 11.9. The van der Waals surface area contributed by atoms with Gasteiger partial charge in [0.15, 0.2) is 0 Å². The molecule has 1 amide bonds. The number of benzene rings is 1. The zero-order valence-electron chi connectivity index (χ0n) is 8.87. The standard InChI is InChI=1S/C11H11F3N2O/c12-11(13,14)8-3-1-7(2-4-8)10(17)16-5-9(15)6-16/h1-4,9H,5-6,15H2. The van der Waals surface area contributed by atoms with Crippen molar-refractivity contribution in [3.63, 3.8) is 0 Å². The Labute approximate surface area is 96.0 Å². The van der Waals surface area contributed by atoms with Crippen LogP contribution in [-0.4, -0.2) is 29.9 Å². The Kier molecular flexibility index (Phi) is 2.82. The molecule has 0 radical (unpaired) electrons. The summed E-state index contributed by atoms with van der Waals surface area (Å²) in [6, 6.07) is 4.18. The van der Waals surface area contributed by atoms with Crippen molar-refractivity contribution in [2.75, 3.05) is 13.1 Å². The van der Waals surface area contributed by atoms with Crippen molar-refractivity contribution in [3.05, 3.63) is 35.4 Å². The van der Waals surface area contributed by atoms with Gasteiger partial charge in [0.05, 0.1) is 5.56 Å². The zero-order valence-corrected chi connectivity index (χ0v) is 8.87. The largest absolute Gasteiger partial charge is 0.416 e. The number of alkyl halides is 3. The van der Waals surface area contributed by atoms with E-state index in [1.807, 2.05) is 0 Å². The molecule has 1 heterocycles. The van der Waals surface area contributed by atoms with Crippen LogP contribution >= 0.6 is 0 Å². The molecule has 1 fully saturated rings. The highest BCUT2D eigenvalue weighted by Gasteiger charge is 2.31. The molecule has 92 valence electrons. The van der Waals surface area contributed by atoms with Gasteiger partial charge in [-0.2, -0.15) is 13.2 Å². The second-order valence-corrected chi connectivity index (χ2v) is 4.05. The average Bonchev–Trinajstić information content (AvgIpc) is 2.23. The van der Waals surface area contributed by atoms with Gasteiger partial charge in [-0.15, -0.1) is 0 Å². The van der Waals surface area contributed by atoms with Crippen LogP contribution in [-0.2, 0) is 6.18 Å². The maximum absolute atomic E-state index is 12.3. The smallest absolute Gasteiger partial charge is 0.335 e. The Morgan fingerprint density at radius 3 is 2.18 bits per heavy atom. The third-order valence-electron chi connectivity index (χ3n) is 2.66. The lowest BCUT2D eigenvalue weighted by Gasteiger charge is -2.36. The molecule has 1 aromatic carbocycles. The number of nitrogens with zero attached hydrogens (tertiary/aromatic N) is 1. The van der Waals surface area contributed by atoms with E-state index in [-0.39, 0.29) is 17.5 Å². The summed E-state index contributed by atoms with van der Waals surface area (Å²) >= 11 is 0. The van der Waals surface area contributed by atoms with E-state index in [9.17, 15) is 18.0 Å². The van der Waals surface area contributed by atoms with Crippen molar-refractivity contribution in [1.82, 2.24) is 4.90 Å². The molecule has 1 aliphatic heterocycles. The van der Waals surface area contributed by atoms with Gasteiger partial charge in [0.25, 0.3) is 5.91 Å². The van der Waals surface area contributed by atoms with E-state index in [0.29, 0.717) is 13.1 Å². The SMILES string of the molecule is NC1CN(C(=O)c2ccc(C(F)(F)F)cc2)C1. The van der Waals surface area contributed by atoms with Gasteiger partial charge in [-0.05, 0) is 24.3 Å². The number of rotatable bonds is 1. The van der Waals surface area contributed by atoms with Gasteiger partial charge >= 0.3 is 6.18 Å². The molecule has 3 nitrogen and oxygen atoms in total. The van der Waals surface area contributed by atoms with E-state index >= 15 is 0 Å². The van der Waals surface area contributed by atoms with Gasteiger partial charge in [0, 0.05) is 24.7 Å². The normalized spacial score (nSPS) is 16.8. The number of nitrogens with two attached hydrogens (primary N) is 1. The molecule has 2 rings (SSSR count). The van der Waals surface area contributed by atoms with Gasteiger partial charge in [-0.3, -0.25) is 4.79 Å². The number of amides is 1. The lowest BCUT2D eigenvalue weighted by molar-refractivity contribution is -0.137. The van der Waals surface area contributed by atoms with Gasteiger partial charge < -0.3 is 10.6 Å². The van der Waals surface area contributed by atoms with Gasteiger partial charge in [0.1, 0.15) is 0 Å². The number of hydrogen-bond acceptors (Lipinski definition) is 2. The van der Waals surface area contributed by atoms with Crippen LogP contribution in [0.25, 0.3) is 0 Å². The maximum Gasteiger partial charge on any atom is 0.416 e. The van der Waals surface area contributed by atoms with E-state index in [4.69, 9.17) is 5.73 Å². The van der Waals surface area contributed by atoms with E-state index in [1.54, 1.807) is 0 Å². The van der Waals surface area contributed by atoms with Crippen molar-refractivity contribution >= 4 is 5.91 Å². The van der Waals surface area contributed by atoms with Crippen LogP contribution in [0.5, 0.6) is 0 Å². The molecule has 0 spiro atoms. The molecule has 1 aliphatic rings. The third kappa shape index (κ3) is 2.41. The van der Waals surface area contributed by atoms with Crippen LogP contribution in [0.3, 0.4) is 0 Å². The summed E-state index contributed by atoms with van der Waals surface area (Å²) in [6.07, 6.45) is -4.37. The number of hydrogen-bond donors (Lipinski definition) is 1. The van der Waals surface area contributed by atoms with Crippen molar-refractivity contribution in [2.45, 2.75) is 12.2 Å². The summed E-state index contributed by atoms with van der Waals surface area (Å²) in [4.78, 5) is 13.2. The summed E-state index contributed by atoms with van der Waals surface area (Å²) in [5.74, 6) is -0.277. The maximum atomic E-state index is 12.3. The molecule has 6 heteroatoms. The topological polar surface area (TPSA) is 46.3 Å². The summed E-state index contributed by atoms with van der Waals surface area (Å²) in [6.45, 7) is 0.916. The Balaban J connectivity index is 2.10. The van der Waals surface area contributed by atoms with Gasteiger partial charge in [-0.1, -0.05) is 0 Å². The van der Waals surface area contributed by atoms with E-state index in [1.165, 1.54) is 17.0 Å². The fourth-order valence-electron chi connectivity index (χ4n) is 1.66. The van der Waals surface area contributed by atoms with Crippen LogP contribution in [0.1, 0.15) is 15.9 Å². The lowest BCUT2D eigenvalue weighted by Crippen LogP contribution is -2.57. The fraction of sp³-hybridized carbons (Fsp3) is 0.364. The van der Waals surface area contributed by atoms with Crippen LogP contribution in [0.2, 0.25) is 0 Å². The summed E-state index contributed by atoms with van der Waals surface area (Å²) in [5.41, 5.74) is 5.02.